The van der Waals surface area contributed by atoms with Gasteiger partial charge in [0.15, 0.2) is 0 Å². The molecule has 4 nitrogen and oxygen atoms in total. The van der Waals surface area contributed by atoms with Crippen molar-refractivity contribution in [1.29, 1.82) is 0 Å². The highest BCUT2D eigenvalue weighted by molar-refractivity contribution is 5.87. The molecule has 0 aliphatic heterocycles. The van der Waals surface area contributed by atoms with Crippen LogP contribution in [0.3, 0.4) is 0 Å². The summed E-state index contributed by atoms with van der Waals surface area (Å²) in [5.41, 5.74) is 11.3. The van der Waals surface area contributed by atoms with E-state index in [2.05, 4.69) is 36.0 Å². The monoisotopic (exact) mass is 322 g/mol. The second kappa shape index (κ2) is 7.12. The third kappa shape index (κ3) is 3.48. The van der Waals surface area contributed by atoms with E-state index in [1.807, 2.05) is 13.0 Å². The van der Waals surface area contributed by atoms with Crippen LogP contribution >= 0.6 is 0 Å². The number of aryl methyl sites for hydroxylation is 1. The predicted octanol–water partition coefficient (Wildman–Crippen LogP) is 4.38. The first-order valence-electron chi connectivity index (χ1n) is 8.87. The quantitative estimate of drug-likeness (QED) is 0.803. The lowest BCUT2D eigenvalue weighted by Crippen LogP contribution is -1.99. The number of aromatic nitrogens is 2. The SMILES string of the molecule is CCC[C@@H]1CC1c1ccc(-c2cnc(N)c(C=NCC)c2)nc1C. The number of nitrogen functional groups attached to an aromatic ring is 1. The molecule has 1 unspecified atom stereocenters. The van der Waals surface area contributed by atoms with Gasteiger partial charge >= 0.3 is 0 Å². The maximum atomic E-state index is 5.93. The Hall–Kier alpha value is -2.23. The average molecular weight is 322 g/mol. The zero-order chi connectivity index (χ0) is 17.1. The van der Waals surface area contributed by atoms with Crippen molar-refractivity contribution in [3.05, 3.63) is 41.2 Å². The normalized spacial score (nSPS) is 19.8. The second-order valence-corrected chi connectivity index (χ2v) is 6.59. The van der Waals surface area contributed by atoms with Gasteiger partial charge in [0.2, 0.25) is 0 Å². The molecular weight excluding hydrogens is 296 g/mol. The minimum absolute atomic E-state index is 0.504. The number of hydrogen-bond donors (Lipinski definition) is 1. The minimum Gasteiger partial charge on any atom is -0.383 e. The fourth-order valence-corrected chi connectivity index (χ4v) is 3.37. The Morgan fingerprint density at radius 1 is 1.33 bits per heavy atom. The molecular formula is C20H26N4. The highest BCUT2D eigenvalue weighted by atomic mass is 14.8. The minimum atomic E-state index is 0.504. The van der Waals surface area contributed by atoms with E-state index in [1.54, 1.807) is 12.4 Å². The van der Waals surface area contributed by atoms with Crippen LogP contribution in [0.25, 0.3) is 11.3 Å². The van der Waals surface area contributed by atoms with Crippen molar-refractivity contribution in [2.45, 2.75) is 46.0 Å². The summed E-state index contributed by atoms with van der Waals surface area (Å²) in [4.78, 5) is 13.4. The van der Waals surface area contributed by atoms with E-state index in [0.717, 1.165) is 35.0 Å². The molecule has 2 heterocycles. The van der Waals surface area contributed by atoms with Crippen molar-refractivity contribution >= 4 is 12.0 Å². The Balaban J connectivity index is 1.85. The van der Waals surface area contributed by atoms with Gasteiger partial charge in [0.25, 0.3) is 0 Å². The summed E-state index contributed by atoms with van der Waals surface area (Å²) in [5.74, 6) is 2.07. The van der Waals surface area contributed by atoms with Gasteiger partial charge in [-0.15, -0.1) is 0 Å². The standard InChI is InChI=1S/C20H26N4/c1-4-6-14-10-18(14)17-7-8-19(24-13(17)3)15-9-16(11-22-5-2)20(21)23-12-15/h7-9,11-12,14,18H,4-6,10H2,1-3H3,(H2,21,23)/t14-,18?/m1/s1. The van der Waals surface area contributed by atoms with Crippen molar-refractivity contribution in [3.63, 3.8) is 0 Å². The Labute approximate surface area is 144 Å². The van der Waals surface area contributed by atoms with E-state index in [9.17, 15) is 0 Å². The van der Waals surface area contributed by atoms with E-state index < -0.39 is 0 Å². The van der Waals surface area contributed by atoms with Crippen molar-refractivity contribution in [2.24, 2.45) is 10.9 Å². The smallest absolute Gasteiger partial charge is 0.132 e. The third-order valence-electron chi connectivity index (χ3n) is 4.77. The molecule has 0 aromatic carbocycles. The Kier molecular flexibility index (Phi) is 4.93. The molecule has 0 radical (unpaired) electrons. The first-order valence-corrected chi connectivity index (χ1v) is 8.87. The molecule has 126 valence electrons. The molecule has 1 aliphatic carbocycles. The number of hydrogen-bond acceptors (Lipinski definition) is 4. The van der Waals surface area contributed by atoms with Crippen LogP contribution in [0.2, 0.25) is 0 Å². The van der Waals surface area contributed by atoms with Gasteiger partial charge in [0.05, 0.1) is 5.69 Å². The van der Waals surface area contributed by atoms with Crippen molar-refractivity contribution in [1.82, 2.24) is 9.97 Å². The lowest BCUT2D eigenvalue weighted by atomic mass is 10.0. The van der Waals surface area contributed by atoms with Crippen LogP contribution in [-0.2, 0) is 0 Å². The average Bonchev–Trinajstić information content (AvgIpc) is 3.33. The summed E-state index contributed by atoms with van der Waals surface area (Å²) in [6.07, 6.45) is 7.49. The van der Waals surface area contributed by atoms with Crippen LogP contribution in [0.15, 0.2) is 29.4 Å². The van der Waals surface area contributed by atoms with Gasteiger partial charge in [0, 0.05) is 35.8 Å². The molecule has 0 amide bonds. The van der Waals surface area contributed by atoms with Crippen LogP contribution in [0, 0.1) is 12.8 Å². The molecule has 2 atom stereocenters. The molecule has 1 fully saturated rings. The van der Waals surface area contributed by atoms with E-state index in [0.29, 0.717) is 11.7 Å². The van der Waals surface area contributed by atoms with Gasteiger partial charge in [-0.3, -0.25) is 9.98 Å². The maximum Gasteiger partial charge on any atom is 0.132 e. The van der Waals surface area contributed by atoms with E-state index in [4.69, 9.17) is 10.7 Å². The van der Waals surface area contributed by atoms with Crippen LogP contribution in [0.1, 0.15) is 55.8 Å². The number of nitrogens with two attached hydrogens (primary N) is 1. The fourth-order valence-electron chi connectivity index (χ4n) is 3.37. The predicted molar refractivity (Wildman–Crippen MR) is 101 cm³/mol. The van der Waals surface area contributed by atoms with Crippen LogP contribution in [0.4, 0.5) is 5.82 Å². The molecule has 4 heteroatoms. The van der Waals surface area contributed by atoms with Gasteiger partial charge in [-0.1, -0.05) is 25.8 Å². The van der Waals surface area contributed by atoms with E-state index >= 15 is 0 Å². The van der Waals surface area contributed by atoms with Crippen LogP contribution < -0.4 is 5.73 Å². The van der Waals surface area contributed by atoms with E-state index in [-0.39, 0.29) is 0 Å². The Bertz CT molecular complexity index is 751. The number of anilines is 1. The summed E-state index contributed by atoms with van der Waals surface area (Å²) < 4.78 is 0. The molecule has 1 aliphatic rings. The zero-order valence-corrected chi connectivity index (χ0v) is 14.8. The van der Waals surface area contributed by atoms with E-state index in [1.165, 1.54) is 24.8 Å². The molecule has 1 saturated carbocycles. The number of rotatable bonds is 6. The zero-order valence-electron chi connectivity index (χ0n) is 14.8. The summed E-state index contributed by atoms with van der Waals surface area (Å²) in [7, 11) is 0. The second-order valence-electron chi connectivity index (χ2n) is 6.59. The lowest BCUT2D eigenvalue weighted by Gasteiger charge is -2.09. The lowest BCUT2D eigenvalue weighted by molar-refractivity contribution is 0.685. The Morgan fingerprint density at radius 2 is 2.17 bits per heavy atom. The first-order chi connectivity index (χ1) is 11.6. The van der Waals surface area contributed by atoms with Gasteiger partial charge in [-0.25, -0.2) is 4.98 Å². The molecule has 2 aromatic rings. The molecule has 3 rings (SSSR count). The first kappa shape index (κ1) is 16.6. The van der Waals surface area contributed by atoms with Gasteiger partial charge < -0.3 is 5.73 Å². The summed E-state index contributed by atoms with van der Waals surface area (Å²) >= 11 is 0. The van der Waals surface area contributed by atoms with Crippen molar-refractivity contribution in [2.75, 3.05) is 12.3 Å². The topological polar surface area (TPSA) is 64.2 Å². The third-order valence-corrected chi connectivity index (χ3v) is 4.77. The van der Waals surface area contributed by atoms with Gasteiger partial charge in [-0.2, -0.15) is 0 Å². The summed E-state index contributed by atoms with van der Waals surface area (Å²) in [6, 6.07) is 6.37. The number of aliphatic imine (C=N–C) groups is 1. The van der Waals surface area contributed by atoms with Gasteiger partial charge in [0.1, 0.15) is 5.82 Å². The summed E-state index contributed by atoms with van der Waals surface area (Å²) in [5, 5.41) is 0. The fraction of sp³-hybridized carbons (Fsp3) is 0.450. The molecule has 0 bridgehead atoms. The summed E-state index contributed by atoms with van der Waals surface area (Å²) in [6.45, 7) is 7.11. The molecule has 24 heavy (non-hydrogen) atoms. The molecule has 0 saturated heterocycles. The molecule has 0 spiro atoms. The van der Waals surface area contributed by atoms with Crippen LogP contribution in [-0.4, -0.2) is 22.7 Å². The Morgan fingerprint density at radius 3 is 2.88 bits per heavy atom. The highest BCUT2D eigenvalue weighted by Crippen LogP contribution is 2.50. The molecule has 2 aromatic heterocycles. The van der Waals surface area contributed by atoms with Gasteiger partial charge in [-0.05, 0) is 49.8 Å². The van der Waals surface area contributed by atoms with Crippen molar-refractivity contribution in [3.8, 4) is 11.3 Å². The molecule has 2 N–H and O–H groups in total. The maximum absolute atomic E-state index is 5.93. The largest absolute Gasteiger partial charge is 0.383 e. The number of pyridine rings is 2. The highest BCUT2D eigenvalue weighted by Gasteiger charge is 2.38. The number of nitrogens with zero attached hydrogens (tertiary/aromatic N) is 3. The van der Waals surface area contributed by atoms with Crippen molar-refractivity contribution < 1.29 is 0 Å². The van der Waals surface area contributed by atoms with Crippen LogP contribution in [0.5, 0.6) is 0 Å².